The molecule has 0 aromatic carbocycles. The highest BCUT2D eigenvalue weighted by Gasteiger charge is 2.11. The number of carbonyl (C=O) groups is 1. The molecule has 0 saturated heterocycles. The van der Waals surface area contributed by atoms with Crippen LogP contribution in [0.2, 0.25) is 0 Å². The molecule has 0 spiro atoms. The Morgan fingerprint density at radius 3 is 2.92 bits per heavy atom. The number of hydrogen-bond acceptors (Lipinski definition) is 3. The highest BCUT2D eigenvalue weighted by molar-refractivity contribution is 5.72. The van der Waals surface area contributed by atoms with Crippen molar-refractivity contribution in [2.24, 2.45) is 0 Å². The van der Waals surface area contributed by atoms with E-state index in [1.165, 1.54) is 19.4 Å². The maximum absolute atomic E-state index is 13.1. The van der Waals surface area contributed by atoms with Gasteiger partial charge in [-0.2, -0.15) is 0 Å². The molecule has 0 aliphatic carbocycles. The Balaban J connectivity index is 2.93. The zero-order valence-corrected chi connectivity index (χ0v) is 7.50. The lowest BCUT2D eigenvalue weighted by molar-refractivity contribution is -0.139. The van der Waals surface area contributed by atoms with E-state index in [1.807, 2.05) is 0 Å². The van der Waals surface area contributed by atoms with Gasteiger partial charge in [0.1, 0.15) is 5.82 Å². The van der Waals surface area contributed by atoms with Gasteiger partial charge in [0, 0.05) is 17.5 Å². The van der Waals surface area contributed by atoms with Gasteiger partial charge in [-0.15, -0.1) is 0 Å². The summed E-state index contributed by atoms with van der Waals surface area (Å²) in [6.45, 7) is 1.65. The molecule has 0 atom stereocenters. The Bertz CT molecular complexity index is 305. The van der Waals surface area contributed by atoms with Gasteiger partial charge in [-0.25, -0.2) is 4.39 Å². The van der Waals surface area contributed by atoms with Crippen LogP contribution in [0.1, 0.15) is 11.3 Å². The minimum Gasteiger partial charge on any atom is -0.469 e. The van der Waals surface area contributed by atoms with Gasteiger partial charge in [-0.3, -0.25) is 9.78 Å². The fourth-order valence-electron chi connectivity index (χ4n) is 0.995. The fourth-order valence-corrected chi connectivity index (χ4v) is 0.995. The average molecular weight is 183 g/mol. The van der Waals surface area contributed by atoms with Gasteiger partial charge in [0.15, 0.2) is 0 Å². The summed E-state index contributed by atoms with van der Waals surface area (Å²) >= 11 is 0. The monoisotopic (exact) mass is 183 g/mol. The van der Waals surface area contributed by atoms with E-state index in [4.69, 9.17) is 0 Å². The molecule has 1 aromatic heterocycles. The predicted molar refractivity (Wildman–Crippen MR) is 44.7 cm³/mol. The number of nitrogens with zero attached hydrogens (tertiary/aromatic N) is 1. The Morgan fingerprint density at radius 2 is 2.38 bits per heavy atom. The molecular weight excluding hydrogens is 173 g/mol. The second-order valence-corrected chi connectivity index (χ2v) is 2.61. The van der Waals surface area contributed by atoms with Crippen LogP contribution in [-0.4, -0.2) is 18.1 Å². The molecule has 0 fully saturated rings. The summed E-state index contributed by atoms with van der Waals surface area (Å²) in [6.07, 6.45) is 1.30. The third-order valence-corrected chi connectivity index (χ3v) is 1.76. The zero-order valence-electron chi connectivity index (χ0n) is 7.50. The van der Waals surface area contributed by atoms with Gasteiger partial charge in [-0.1, -0.05) is 0 Å². The Labute approximate surface area is 75.6 Å². The van der Waals surface area contributed by atoms with Gasteiger partial charge < -0.3 is 4.74 Å². The van der Waals surface area contributed by atoms with Crippen molar-refractivity contribution in [2.75, 3.05) is 7.11 Å². The molecule has 0 amide bonds. The lowest BCUT2D eigenvalue weighted by atomic mass is 10.1. The van der Waals surface area contributed by atoms with E-state index in [0.29, 0.717) is 11.3 Å². The van der Waals surface area contributed by atoms with Gasteiger partial charge in [0.05, 0.1) is 13.5 Å². The van der Waals surface area contributed by atoms with Crippen LogP contribution in [0.5, 0.6) is 0 Å². The number of carbonyl (C=O) groups excluding carboxylic acids is 1. The molecule has 0 unspecified atom stereocenters. The van der Waals surface area contributed by atoms with E-state index >= 15 is 0 Å². The van der Waals surface area contributed by atoms with Crippen molar-refractivity contribution >= 4 is 5.97 Å². The summed E-state index contributed by atoms with van der Waals surface area (Å²) < 4.78 is 17.5. The summed E-state index contributed by atoms with van der Waals surface area (Å²) in [7, 11) is 1.27. The smallest absolute Gasteiger partial charge is 0.310 e. The third kappa shape index (κ3) is 2.24. The second-order valence-electron chi connectivity index (χ2n) is 2.61. The Kier molecular flexibility index (Phi) is 2.95. The van der Waals surface area contributed by atoms with Gasteiger partial charge >= 0.3 is 5.97 Å². The first-order valence-corrected chi connectivity index (χ1v) is 3.82. The quantitative estimate of drug-likeness (QED) is 0.647. The van der Waals surface area contributed by atoms with Crippen LogP contribution in [-0.2, 0) is 16.0 Å². The van der Waals surface area contributed by atoms with E-state index < -0.39 is 11.8 Å². The summed E-state index contributed by atoms with van der Waals surface area (Å²) in [5.41, 5.74) is 0.819. The minimum atomic E-state index is -0.463. The van der Waals surface area contributed by atoms with E-state index in [1.54, 1.807) is 6.92 Å². The lowest BCUT2D eigenvalue weighted by Gasteiger charge is -2.03. The van der Waals surface area contributed by atoms with Crippen LogP contribution in [0, 0.1) is 12.7 Å². The molecule has 1 rings (SSSR count). The van der Waals surface area contributed by atoms with E-state index in [0.717, 1.165) is 0 Å². The summed E-state index contributed by atoms with van der Waals surface area (Å²) in [5.74, 6) is -0.882. The number of aromatic nitrogens is 1. The van der Waals surface area contributed by atoms with Crippen LogP contribution in [0.15, 0.2) is 12.3 Å². The molecule has 1 aromatic rings. The average Bonchev–Trinajstić information content (AvgIpc) is 2.11. The topological polar surface area (TPSA) is 39.2 Å². The first kappa shape index (κ1) is 9.64. The molecule has 13 heavy (non-hydrogen) atoms. The number of esters is 1. The number of aryl methyl sites for hydroxylation is 1. The molecule has 3 nitrogen and oxygen atoms in total. The first-order chi connectivity index (χ1) is 6.15. The molecule has 1 heterocycles. The van der Waals surface area contributed by atoms with Crippen molar-refractivity contribution in [3.63, 3.8) is 0 Å². The van der Waals surface area contributed by atoms with Crippen molar-refractivity contribution in [3.05, 3.63) is 29.3 Å². The fraction of sp³-hybridized carbons (Fsp3) is 0.333. The summed E-state index contributed by atoms with van der Waals surface area (Å²) in [6, 6.07) is 1.23. The maximum atomic E-state index is 13.1. The highest BCUT2D eigenvalue weighted by atomic mass is 19.1. The Morgan fingerprint density at radius 1 is 1.69 bits per heavy atom. The first-order valence-electron chi connectivity index (χ1n) is 3.82. The molecular formula is C9H10FNO2. The molecule has 0 aliphatic heterocycles. The normalized spacial score (nSPS) is 9.77. The lowest BCUT2D eigenvalue weighted by Crippen LogP contribution is -2.08. The molecule has 0 saturated carbocycles. The van der Waals surface area contributed by atoms with Crippen molar-refractivity contribution in [1.82, 2.24) is 4.98 Å². The molecule has 4 heteroatoms. The largest absolute Gasteiger partial charge is 0.469 e. The highest BCUT2D eigenvalue weighted by Crippen LogP contribution is 2.10. The number of hydrogen-bond donors (Lipinski definition) is 0. The molecule has 0 bridgehead atoms. The molecule has 0 radical (unpaired) electrons. The van der Waals surface area contributed by atoms with Crippen LogP contribution >= 0.6 is 0 Å². The van der Waals surface area contributed by atoms with E-state index in [9.17, 15) is 9.18 Å². The molecule has 0 aliphatic rings. The summed E-state index contributed by atoms with van der Waals surface area (Å²) in [4.78, 5) is 14.7. The van der Waals surface area contributed by atoms with Crippen molar-refractivity contribution in [1.29, 1.82) is 0 Å². The van der Waals surface area contributed by atoms with E-state index in [-0.39, 0.29) is 6.42 Å². The Hall–Kier alpha value is -1.45. The van der Waals surface area contributed by atoms with Crippen molar-refractivity contribution < 1.29 is 13.9 Å². The van der Waals surface area contributed by atoms with Crippen LogP contribution in [0.3, 0.4) is 0 Å². The van der Waals surface area contributed by atoms with Crippen LogP contribution < -0.4 is 0 Å². The number of methoxy groups -OCH3 is 1. The summed E-state index contributed by atoms with van der Waals surface area (Å²) in [5, 5.41) is 0. The number of ether oxygens (including phenoxy) is 1. The van der Waals surface area contributed by atoms with Crippen molar-refractivity contribution in [2.45, 2.75) is 13.3 Å². The van der Waals surface area contributed by atoms with Gasteiger partial charge in [-0.05, 0) is 13.0 Å². The van der Waals surface area contributed by atoms with Crippen molar-refractivity contribution in [3.8, 4) is 0 Å². The SMILES string of the molecule is COC(=O)Cc1c(F)ccnc1C. The van der Waals surface area contributed by atoms with Crippen LogP contribution in [0.4, 0.5) is 4.39 Å². The van der Waals surface area contributed by atoms with Gasteiger partial charge in [0.2, 0.25) is 0 Å². The second kappa shape index (κ2) is 3.98. The third-order valence-electron chi connectivity index (χ3n) is 1.76. The van der Waals surface area contributed by atoms with Crippen LogP contribution in [0.25, 0.3) is 0 Å². The standard InChI is InChI=1S/C9H10FNO2/c1-6-7(5-9(12)13-2)8(10)3-4-11-6/h3-4H,5H2,1-2H3. The predicted octanol–water partition coefficient (Wildman–Crippen LogP) is 1.24. The zero-order chi connectivity index (χ0) is 9.84. The molecule has 0 N–H and O–H groups in total. The molecule has 70 valence electrons. The number of halogens is 1. The number of pyridine rings is 1. The number of rotatable bonds is 2. The maximum Gasteiger partial charge on any atom is 0.310 e. The minimum absolute atomic E-state index is 0.0675. The van der Waals surface area contributed by atoms with E-state index in [2.05, 4.69) is 9.72 Å². The van der Waals surface area contributed by atoms with Gasteiger partial charge in [0.25, 0.3) is 0 Å².